The summed E-state index contributed by atoms with van der Waals surface area (Å²) >= 11 is 1.37. The molecular formula is C19H18N4O2S2. The molecule has 1 aliphatic carbocycles. The van der Waals surface area contributed by atoms with Gasteiger partial charge in [-0.05, 0) is 53.9 Å². The predicted octanol–water partition coefficient (Wildman–Crippen LogP) is 3.70. The molecule has 4 rings (SSSR count). The van der Waals surface area contributed by atoms with Gasteiger partial charge in [0, 0.05) is 11.9 Å². The Kier molecular flexibility index (Phi) is 4.75. The number of aromatic nitrogens is 3. The number of nitrogens with zero attached hydrogens (tertiary/aromatic N) is 3. The van der Waals surface area contributed by atoms with E-state index in [1.54, 1.807) is 23.0 Å². The van der Waals surface area contributed by atoms with Gasteiger partial charge >= 0.3 is 0 Å². The molecule has 1 heterocycles. The van der Waals surface area contributed by atoms with Crippen molar-refractivity contribution < 1.29 is 8.42 Å². The molecule has 2 aromatic carbocycles. The molecular weight excluding hydrogens is 380 g/mol. The Balaban J connectivity index is 1.63. The fourth-order valence-electron chi connectivity index (χ4n) is 2.93. The monoisotopic (exact) mass is 398 g/mol. The maximum atomic E-state index is 13.0. The van der Waals surface area contributed by atoms with Crippen LogP contribution in [0.3, 0.4) is 0 Å². The molecule has 0 unspecified atom stereocenters. The molecule has 6 nitrogen and oxygen atoms in total. The van der Waals surface area contributed by atoms with E-state index in [1.807, 2.05) is 49.5 Å². The zero-order valence-corrected chi connectivity index (χ0v) is 16.3. The normalized spacial score (nSPS) is 13.7. The molecule has 1 aromatic heterocycles. The van der Waals surface area contributed by atoms with E-state index in [9.17, 15) is 8.42 Å². The molecule has 3 aromatic rings. The van der Waals surface area contributed by atoms with Crippen LogP contribution < -0.4 is 4.72 Å². The largest absolute Gasteiger partial charge is 0.311 e. The Morgan fingerprint density at radius 2 is 1.85 bits per heavy atom. The minimum absolute atomic E-state index is 0.402. The average molecular weight is 399 g/mol. The molecule has 0 aliphatic heterocycles. The lowest BCUT2D eigenvalue weighted by Crippen LogP contribution is -2.17. The first kappa shape index (κ1) is 17.8. The molecule has 1 aliphatic rings. The maximum Gasteiger partial charge on any atom is 0.258 e. The van der Waals surface area contributed by atoms with Crippen LogP contribution >= 0.6 is 11.8 Å². The second kappa shape index (κ2) is 7.21. The number of fused-ring (bicyclic) bond motifs is 1. The summed E-state index contributed by atoms with van der Waals surface area (Å²) in [4.78, 5) is 1.17. The molecule has 0 saturated heterocycles. The highest BCUT2D eigenvalue weighted by molar-refractivity contribution is 7.99. The number of allylic oxidation sites excluding steroid dienone is 1. The number of rotatable bonds is 5. The summed E-state index contributed by atoms with van der Waals surface area (Å²) in [5, 5.41) is 8.60. The van der Waals surface area contributed by atoms with Gasteiger partial charge in [0.25, 0.3) is 10.0 Å². The molecule has 0 saturated carbocycles. The Bertz CT molecular complexity index is 1120. The lowest BCUT2D eigenvalue weighted by molar-refractivity contribution is 0.605. The Morgan fingerprint density at radius 3 is 2.67 bits per heavy atom. The molecule has 8 heteroatoms. The van der Waals surface area contributed by atoms with Crippen molar-refractivity contribution >= 4 is 33.5 Å². The first-order valence-electron chi connectivity index (χ1n) is 8.45. The Morgan fingerprint density at radius 1 is 1.07 bits per heavy atom. The van der Waals surface area contributed by atoms with Gasteiger partial charge in [0.05, 0.1) is 10.6 Å². The number of para-hydroxylation sites is 1. The molecule has 1 N–H and O–H groups in total. The van der Waals surface area contributed by atoms with Gasteiger partial charge in [0.15, 0.2) is 5.16 Å². The standard InChI is InChI=1S/C19H18N4O2S2/c1-23-13-20-21-19(23)26-18-9-5-4-8-17(18)22-27(24,25)16-11-10-14-6-2-3-7-15(14)12-16/h2-9,12-13,22H,10-11H2,1H3. The summed E-state index contributed by atoms with van der Waals surface area (Å²) in [6.45, 7) is 0. The minimum atomic E-state index is -3.64. The smallest absolute Gasteiger partial charge is 0.258 e. The number of anilines is 1. The van der Waals surface area contributed by atoms with Crippen LogP contribution in [0.15, 0.2) is 69.8 Å². The van der Waals surface area contributed by atoms with Crippen molar-refractivity contribution in [3.63, 3.8) is 0 Å². The van der Waals surface area contributed by atoms with Crippen molar-refractivity contribution in [2.24, 2.45) is 7.05 Å². The second-order valence-electron chi connectivity index (χ2n) is 6.24. The van der Waals surface area contributed by atoms with Gasteiger partial charge in [-0.25, -0.2) is 8.42 Å². The zero-order valence-electron chi connectivity index (χ0n) is 14.7. The lowest BCUT2D eigenvalue weighted by atomic mass is 9.98. The quantitative estimate of drug-likeness (QED) is 0.709. The number of benzene rings is 2. The Labute approximate surface area is 162 Å². The third-order valence-corrected chi connectivity index (χ3v) is 6.99. The van der Waals surface area contributed by atoms with E-state index < -0.39 is 10.0 Å². The highest BCUT2D eigenvalue weighted by Crippen LogP contribution is 2.34. The summed E-state index contributed by atoms with van der Waals surface area (Å²) in [7, 11) is -1.79. The lowest BCUT2D eigenvalue weighted by Gasteiger charge is -2.18. The van der Waals surface area contributed by atoms with Crippen molar-refractivity contribution in [3.05, 3.63) is 70.9 Å². The van der Waals surface area contributed by atoms with E-state index in [1.165, 1.54) is 17.3 Å². The van der Waals surface area contributed by atoms with Crippen LogP contribution in [-0.4, -0.2) is 23.2 Å². The van der Waals surface area contributed by atoms with E-state index in [-0.39, 0.29) is 0 Å². The number of nitrogens with one attached hydrogen (secondary N) is 1. The second-order valence-corrected chi connectivity index (χ2v) is 8.98. The van der Waals surface area contributed by atoms with Crippen LogP contribution in [0.4, 0.5) is 5.69 Å². The number of sulfonamides is 1. The molecule has 0 spiro atoms. The molecule has 0 fully saturated rings. The van der Waals surface area contributed by atoms with Gasteiger partial charge < -0.3 is 4.57 Å². The highest BCUT2D eigenvalue weighted by atomic mass is 32.2. The first-order valence-corrected chi connectivity index (χ1v) is 10.7. The summed E-state index contributed by atoms with van der Waals surface area (Å²) in [5.74, 6) is 0. The molecule has 0 bridgehead atoms. The van der Waals surface area contributed by atoms with E-state index in [2.05, 4.69) is 14.9 Å². The molecule has 0 amide bonds. The van der Waals surface area contributed by atoms with Crippen LogP contribution in [0.5, 0.6) is 0 Å². The van der Waals surface area contributed by atoms with Gasteiger partial charge in [-0.15, -0.1) is 10.2 Å². The fraction of sp³-hybridized carbons (Fsp3) is 0.158. The third kappa shape index (κ3) is 3.77. The van der Waals surface area contributed by atoms with E-state index in [0.717, 1.165) is 16.9 Å². The predicted molar refractivity (Wildman–Crippen MR) is 107 cm³/mol. The van der Waals surface area contributed by atoms with Crippen molar-refractivity contribution in [1.29, 1.82) is 0 Å². The summed E-state index contributed by atoms with van der Waals surface area (Å²) in [6, 6.07) is 15.2. The van der Waals surface area contributed by atoms with Crippen LogP contribution in [0.1, 0.15) is 17.5 Å². The van der Waals surface area contributed by atoms with E-state index >= 15 is 0 Å². The molecule has 27 heavy (non-hydrogen) atoms. The zero-order chi connectivity index (χ0) is 18.9. The number of hydrogen-bond donors (Lipinski definition) is 1. The minimum Gasteiger partial charge on any atom is -0.311 e. The first-order chi connectivity index (χ1) is 13.0. The van der Waals surface area contributed by atoms with Gasteiger partial charge in [-0.1, -0.05) is 36.4 Å². The van der Waals surface area contributed by atoms with Crippen LogP contribution in [0.2, 0.25) is 0 Å². The fourth-order valence-corrected chi connectivity index (χ4v) is 5.10. The van der Waals surface area contributed by atoms with Gasteiger partial charge in [0.2, 0.25) is 0 Å². The van der Waals surface area contributed by atoms with E-state index in [0.29, 0.717) is 22.2 Å². The van der Waals surface area contributed by atoms with Crippen molar-refractivity contribution in [3.8, 4) is 0 Å². The molecule has 138 valence electrons. The third-order valence-electron chi connectivity index (χ3n) is 4.36. The SMILES string of the molecule is Cn1cnnc1Sc1ccccc1NS(=O)(=O)C1=Cc2ccccc2CC1. The summed E-state index contributed by atoms with van der Waals surface area (Å²) < 4.78 is 30.5. The molecule has 0 atom stereocenters. The van der Waals surface area contributed by atoms with Crippen molar-refractivity contribution in [1.82, 2.24) is 14.8 Å². The van der Waals surface area contributed by atoms with E-state index in [4.69, 9.17) is 0 Å². The van der Waals surface area contributed by atoms with Crippen LogP contribution in [0, 0.1) is 0 Å². The molecule has 0 radical (unpaired) electrons. The number of aryl methyl sites for hydroxylation is 2. The van der Waals surface area contributed by atoms with Gasteiger partial charge in [-0.3, -0.25) is 4.72 Å². The summed E-state index contributed by atoms with van der Waals surface area (Å²) in [6.07, 6.45) is 4.59. The van der Waals surface area contributed by atoms with Crippen LogP contribution in [0.25, 0.3) is 6.08 Å². The topological polar surface area (TPSA) is 76.9 Å². The number of hydrogen-bond acceptors (Lipinski definition) is 5. The Hall–Kier alpha value is -2.58. The average Bonchev–Trinajstić information content (AvgIpc) is 3.07. The van der Waals surface area contributed by atoms with Gasteiger partial charge in [-0.2, -0.15) is 0 Å². The van der Waals surface area contributed by atoms with Gasteiger partial charge in [0.1, 0.15) is 6.33 Å². The van der Waals surface area contributed by atoms with Crippen molar-refractivity contribution in [2.75, 3.05) is 4.72 Å². The van der Waals surface area contributed by atoms with Crippen molar-refractivity contribution in [2.45, 2.75) is 22.9 Å². The summed E-state index contributed by atoms with van der Waals surface area (Å²) in [5.41, 5.74) is 2.67. The highest BCUT2D eigenvalue weighted by Gasteiger charge is 2.23. The maximum absolute atomic E-state index is 13.0. The van der Waals surface area contributed by atoms with Crippen LogP contribution in [-0.2, 0) is 23.5 Å².